The second-order valence-corrected chi connectivity index (χ2v) is 5.08. The third-order valence-corrected chi connectivity index (χ3v) is 3.75. The number of hydrogen-bond donors (Lipinski definition) is 0. The van der Waals surface area contributed by atoms with Crippen molar-refractivity contribution in [2.75, 3.05) is 27.2 Å². The predicted molar refractivity (Wildman–Crippen MR) is 71.2 cm³/mol. The van der Waals surface area contributed by atoms with Crippen molar-refractivity contribution in [2.24, 2.45) is 0 Å². The minimum atomic E-state index is 0.526. The zero-order valence-corrected chi connectivity index (χ0v) is 11.0. The van der Waals surface area contributed by atoms with E-state index in [1.165, 1.54) is 19.4 Å². The molecule has 4 heteroatoms. The maximum Gasteiger partial charge on any atom is 0.135 e. The highest BCUT2D eigenvalue weighted by Gasteiger charge is 2.22. The van der Waals surface area contributed by atoms with Crippen LogP contribution in [0, 0.1) is 0 Å². The zero-order chi connectivity index (χ0) is 12.5. The molecule has 0 saturated carbocycles. The third-order valence-electron chi connectivity index (χ3n) is 3.75. The molecule has 2 aromatic heterocycles. The summed E-state index contributed by atoms with van der Waals surface area (Å²) >= 11 is 0. The Labute approximate surface area is 107 Å². The number of nitrogens with zero attached hydrogens (tertiary/aromatic N) is 3. The Kier molecular flexibility index (Phi) is 2.96. The molecule has 2 aromatic rings. The van der Waals surface area contributed by atoms with E-state index in [-0.39, 0.29) is 0 Å². The van der Waals surface area contributed by atoms with Crippen molar-refractivity contribution in [3.63, 3.8) is 0 Å². The molecule has 1 aliphatic heterocycles. The van der Waals surface area contributed by atoms with E-state index in [1.807, 2.05) is 18.5 Å². The van der Waals surface area contributed by atoms with Crippen LogP contribution in [0.5, 0.6) is 5.75 Å². The van der Waals surface area contributed by atoms with Crippen LogP contribution in [-0.4, -0.2) is 41.5 Å². The lowest BCUT2D eigenvalue weighted by atomic mass is 9.98. The second-order valence-electron chi connectivity index (χ2n) is 5.08. The molecule has 0 aromatic carbocycles. The Morgan fingerprint density at radius 3 is 3.06 bits per heavy atom. The number of rotatable bonds is 2. The van der Waals surface area contributed by atoms with Gasteiger partial charge in [-0.3, -0.25) is 4.40 Å². The number of imidazole rings is 1. The van der Waals surface area contributed by atoms with Gasteiger partial charge in [-0.25, -0.2) is 4.98 Å². The minimum Gasteiger partial charge on any atom is -0.495 e. The van der Waals surface area contributed by atoms with E-state index in [1.54, 1.807) is 7.11 Å². The molecule has 1 unspecified atom stereocenters. The van der Waals surface area contributed by atoms with E-state index in [2.05, 4.69) is 27.4 Å². The van der Waals surface area contributed by atoms with Gasteiger partial charge in [0.05, 0.1) is 25.0 Å². The molecule has 0 N–H and O–H groups in total. The molecule has 3 heterocycles. The SMILES string of the molecule is COc1ccc2cnc(C3CCCN(C)C3)n2c1. The number of likely N-dealkylation sites (tertiary alicyclic amines) is 1. The van der Waals surface area contributed by atoms with Crippen LogP contribution < -0.4 is 4.74 Å². The van der Waals surface area contributed by atoms with Gasteiger partial charge in [0.25, 0.3) is 0 Å². The Morgan fingerprint density at radius 2 is 2.28 bits per heavy atom. The first-order valence-electron chi connectivity index (χ1n) is 6.47. The van der Waals surface area contributed by atoms with Crippen LogP contribution in [0.3, 0.4) is 0 Å². The molecule has 1 saturated heterocycles. The Bertz CT molecular complexity index is 549. The lowest BCUT2D eigenvalue weighted by molar-refractivity contribution is 0.245. The number of methoxy groups -OCH3 is 1. The van der Waals surface area contributed by atoms with Crippen LogP contribution in [0.15, 0.2) is 24.5 Å². The van der Waals surface area contributed by atoms with Gasteiger partial charge in [-0.15, -0.1) is 0 Å². The number of pyridine rings is 1. The molecule has 1 atom stereocenters. The highest BCUT2D eigenvalue weighted by Crippen LogP contribution is 2.27. The maximum absolute atomic E-state index is 5.30. The molecule has 1 fully saturated rings. The van der Waals surface area contributed by atoms with Gasteiger partial charge >= 0.3 is 0 Å². The summed E-state index contributed by atoms with van der Waals surface area (Å²) in [5.41, 5.74) is 1.14. The van der Waals surface area contributed by atoms with Gasteiger partial charge < -0.3 is 9.64 Å². The smallest absolute Gasteiger partial charge is 0.135 e. The van der Waals surface area contributed by atoms with Gasteiger partial charge in [-0.05, 0) is 38.6 Å². The van der Waals surface area contributed by atoms with E-state index < -0.39 is 0 Å². The van der Waals surface area contributed by atoms with Crippen molar-refractivity contribution in [1.29, 1.82) is 0 Å². The fourth-order valence-corrected chi connectivity index (χ4v) is 2.79. The van der Waals surface area contributed by atoms with E-state index in [4.69, 9.17) is 4.74 Å². The molecule has 0 radical (unpaired) electrons. The normalized spacial score (nSPS) is 21.3. The maximum atomic E-state index is 5.30. The summed E-state index contributed by atoms with van der Waals surface area (Å²) in [7, 11) is 3.88. The van der Waals surface area contributed by atoms with Gasteiger partial charge in [-0.1, -0.05) is 0 Å². The first kappa shape index (κ1) is 11.5. The monoisotopic (exact) mass is 245 g/mol. The molecule has 1 aliphatic rings. The Hall–Kier alpha value is -1.55. The summed E-state index contributed by atoms with van der Waals surface area (Å²) in [5.74, 6) is 2.57. The molecule has 4 nitrogen and oxygen atoms in total. The van der Waals surface area contributed by atoms with E-state index >= 15 is 0 Å². The summed E-state index contributed by atoms with van der Waals surface area (Å²) in [6, 6.07) is 4.04. The average Bonchev–Trinajstić information content (AvgIpc) is 2.81. The molecule has 18 heavy (non-hydrogen) atoms. The van der Waals surface area contributed by atoms with Crippen LogP contribution in [0.25, 0.3) is 5.52 Å². The van der Waals surface area contributed by atoms with Gasteiger partial charge in [0.15, 0.2) is 0 Å². The quantitative estimate of drug-likeness (QED) is 0.812. The highest BCUT2D eigenvalue weighted by atomic mass is 16.5. The van der Waals surface area contributed by atoms with Gasteiger partial charge in [-0.2, -0.15) is 0 Å². The first-order valence-corrected chi connectivity index (χ1v) is 6.47. The standard InChI is InChI=1S/C14H19N3O/c1-16-7-3-4-11(9-16)14-15-8-12-5-6-13(18-2)10-17(12)14/h5-6,8,10-11H,3-4,7,9H2,1-2H3. The van der Waals surface area contributed by atoms with Crippen molar-refractivity contribution in [2.45, 2.75) is 18.8 Å². The molecule has 0 bridgehead atoms. The van der Waals surface area contributed by atoms with Gasteiger partial charge in [0.2, 0.25) is 0 Å². The molecule has 0 spiro atoms. The van der Waals surface area contributed by atoms with Gasteiger partial charge in [0, 0.05) is 12.5 Å². The molecule has 3 rings (SSSR count). The zero-order valence-electron chi connectivity index (χ0n) is 11.0. The fourth-order valence-electron chi connectivity index (χ4n) is 2.79. The van der Waals surface area contributed by atoms with Crippen LogP contribution in [-0.2, 0) is 0 Å². The molecule has 96 valence electrons. The van der Waals surface area contributed by atoms with E-state index in [9.17, 15) is 0 Å². The van der Waals surface area contributed by atoms with Gasteiger partial charge in [0.1, 0.15) is 11.6 Å². The predicted octanol–water partition coefficient (Wildman–Crippen LogP) is 2.15. The lowest BCUT2D eigenvalue weighted by Gasteiger charge is -2.28. The third kappa shape index (κ3) is 1.97. The summed E-state index contributed by atoms with van der Waals surface area (Å²) in [6.07, 6.45) is 6.45. The molecular formula is C14H19N3O. The topological polar surface area (TPSA) is 29.8 Å². The molecule has 0 amide bonds. The van der Waals surface area contributed by atoms with E-state index in [0.717, 1.165) is 23.6 Å². The van der Waals surface area contributed by atoms with E-state index in [0.29, 0.717) is 5.92 Å². The summed E-state index contributed by atoms with van der Waals surface area (Å²) in [5, 5.41) is 0. The highest BCUT2D eigenvalue weighted by molar-refractivity contribution is 5.48. The van der Waals surface area contributed by atoms with Crippen molar-refractivity contribution < 1.29 is 4.74 Å². The minimum absolute atomic E-state index is 0.526. The van der Waals surface area contributed by atoms with Crippen LogP contribution in [0.4, 0.5) is 0 Å². The van der Waals surface area contributed by atoms with Crippen LogP contribution in [0.1, 0.15) is 24.6 Å². The van der Waals surface area contributed by atoms with Crippen LogP contribution in [0.2, 0.25) is 0 Å². The largest absolute Gasteiger partial charge is 0.495 e. The summed E-state index contributed by atoms with van der Waals surface area (Å²) in [4.78, 5) is 6.99. The van der Waals surface area contributed by atoms with Crippen molar-refractivity contribution >= 4 is 5.52 Å². The van der Waals surface area contributed by atoms with Crippen LogP contribution >= 0.6 is 0 Å². The van der Waals surface area contributed by atoms with Crippen molar-refractivity contribution in [1.82, 2.24) is 14.3 Å². The van der Waals surface area contributed by atoms with Crippen molar-refractivity contribution in [3.8, 4) is 5.75 Å². The number of ether oxygens (including phenoxy) is 1. The number of hydrogen-bond acceptors (Lipinski definition) is 3. The summed E-state index contributed by atoms with van der Waals surface area (Å²) < 4.78 is 7.47. The Balaban J connectivity index is 2.00. The molecule has 0 aliphatic carbocycles. The number of aromatic nitrogens is 2. The summed E-state index contributed by atoms with van der Waals surface area (Å²) in [6.45, 7) is 2.29. The fraction of sp³-hybridized carbons (Fsp3) is 0.500. The Morgan fingerprint density at radius 1 is 1.39 bits per heavy atom. The second kappa shape index (κ2) is 4.61. The number of fused-ring (bicyclic) bond motifs is 1. The first-order chi connectivity index (χ1) is 8.78. The number of likely N-dealkylation sites (N-methyl/N-ethyl adjacent to an activating group) is 1. The number of piperidine rings is 1. The average molecular weight is 245 g/mol. The van der Waals surface area contributed by atoms with Crippen molar-refractivity contribution in [3.05, 3.63) is 30.4 Å². The molecular weight excluding hydrogens is 226 g/mol. The lowest BCUT2D eigenvalue weighted by Crippen LogP contribution is -2.31.